The summed E-state index contributed by atoms with van der Waals surface area (Å²) in [5.74, 6) is 1.60. The van der Waals surface area contributed by atoms with Crippen molar-refractivity contribution in [1.82, 2.24) is 16.0 Å². The van der Waals surface area contributed by atoms with Crippen LogP contribution in [0.15, 0.2) is 96.2 Å². The zero-order valence-corrected chi connectivity index (χ0v) is 35.6. The second kappa shape index (κ2) is 22.2. The van der Waals surface area contributed by atoms with Crippen molar-refractivity contribution in [3.8, 4) is 11.5 Å². The number of hydrogen-bond acceptors (Lipinski definition) is 8. The number of hydrogen-bond donors (Lipinski definition) is 5. The number of methoxy groups -OCH3 is 1. The molecule has 8 nitrogen and oxygen atoms in total. The summed E-state index contributed by atoms with van der Waals surface area (Å²) in [5, 5.41) is 21.1. The molecule has 3 aromatic rings. The van der Waals surface area contributed by atoms with Gasteiger partial charge in [-0.3, -0.25) is 9.59 Å². The first-order valence-electron chi connectivity index (χ1n) is 22.2. The van der Waals surface area contributed by atoms with E-state index in [1.807, 2.05) is 6.20 Å². The Morgan fingerprint density at radius 1 is 0.949 bits per heavy atom. The second-order valence-corrected chi connectivity index (χ2v) is 17.4. The number of nitrogens with two attached hydrogens (primary N) is 1. The molecule has 2 aliphatic heterocycles. The molecule has 0 radical (unpaired) electrons. The van der Waals surface area contributed by atoms with Crippen molar-refractivity contribution in [3.05, 3.63) is 124 Å². The van der Waals surface area contributed by atoms with Crippen LogP contribution in [-0.4, -0.2) is 56.6 Å². The van der Waals surface area contributed by atoms with Gasteiger partial charge in [-0.05, 0) is 184 Å². The Balaban J connectivity index is 1.05. The topological polar surface area (TPSA) is 126 Å². The highest BCUT2D eigenvalue weighted by atomic mass is 16.5. The molecule has 1 saturated carbocycles. The molecule has 6 rings (SSSR count). The Morgan fingerprint density at radius 3 is 2.39 bits per heavy atom. The van der Waals surface area contributed by atoms with Gasteiger partial charge in [-0.1, -0.05) is 73.5 Å². The quantitative estimate of drug-likeness (QED) is 0.0506. The van der Waals surface area contributed by atoms with Crippen molar-refractivity contribution in [2.75, 3.05) is 33.8 Å². The first kappa shape index (κ1) is 44.1. The Morgan fingerprint density at radius 2 is 1.66 bits per heavy atom. The number of dihydropyridines is 1. The van der Waals surface area contributed by atoms with Crippen LogP contribution in [0.25, 0.3) is 6.08 Å². The van der Waals surface area contributed by atoms with E-state index >= 15 is 0 Å². The van der Waals surface area contributed by atoms with Gasteiger partial charge >= 0.3 is 0 Å². The summed E-state index contributed by atoms with van der Waals surface area (Å²) in [4.78, 5) is 26.4. The zero-order chi connectivity index (χ0) is 41.5. The lowest BCUT2D eigenvalue weighted by Gasteiger charge is -2.38. The smallest absolute Gasteiger partial charge is 0.163 e. The number of benzene rings is 3. The average Bonchev–Trinajstić information content (AvgIpc) is 3.71. The summed E-state index contributed by atoms with van der Waals surface area (Å²) in [6.07, 6.45) is 22.3. The van der Waals surface area contributed by atoms with Gasteiger partial charge in [0.15, 0.2) is 17.3 Å². The molecule has 0 aromatic heterocycles. The van der Waals surface area contributed by atoms with Gasteiger partial charge in [0.25, 0.3) is 0 Å². The maximum Gasteiger partial charge on any atom is 0.163 e. The highest BCUT2D eigenvalue weighted by Crippen LogP contribution is 2.48. The molecule has 316 valence electrons. The minimum absolute atomic E-state index is 0.00715. The lowest BCUT2D eigenvalue weighted by atomic mass is 9.69. The summed E-state index contributed by atoms with van der Waals surface area (Å²) in [6.45, 7) is 3.30. The number of rotatable bonds is 22. The van der Waals surface area contributed by atoms with Crippen LogP contribution >= 0.6 is 0 Å². The average molecular weight is 801 g/mol. The van der Waals surface area contributed by atoms with Crippen molar-refractivity contribution < 1.29 is 19.4 Å². The van der Waals surface area contributed by atoms with Crippen LogP contribution in [0.2, 0.25) is 0 Å². The number of aromatic hydroxyl groups is 1. The molecule has 6 N–H and O–H groups in total. The Labute approximate surface area is 353 Å². The number of allylic oxidation sites excluding steroid dienone is 3. The van der Waals surface area contributed by atoms with E-state index in [9.17, 15) is 14.7 Å². The van der Waals surface area contributed by atoms with Gasteiger partial charge in [0, 0.05) is 12.6 Å². The minimum atomic E-state index is -0.289. The molecule has 0 bridgehead atoms. The van der Waals surface area contributed by atoms with E-state index in [0.717, 1.165) is 86.4 Å². The molecule has 3 aliphatic rings. The maximum atomic E-state index is 13.2. The predicted molar refractivity (Wildman–Crippen MR) is 240 cm³/mol. The predicted octanol–water partition coefficient (Wildman–Crippen LogP) is 8.56. The summed E-state index contributed by atoms with van der Waals surface area (Å²) < 4.78 is 5.46. The molecule has 0 spiro atoms. The highest BCUT2D eigenvalue weighted by molar-refractivity contribution is 6.06. The van der Waals surface area contributed by atoms with Crippen LogP contribution < -0.4 is 26.4 Å². The number of ether oxygens (including phenoxy) is 1. The Bertz CT molecular complexity index is 1920. The van der Waals surface area contributed by atoms with Crippen LogP contribution in [0.5, 0.6) is 11.5 Å². The lowest BCUT2D eigenvalue weighted by molar-refractivity contribution is -0.124. The lowest BCUT2D eigenvalue weighted by Crippen LogP contribution is -2.37. The molecular weight excluding hydrogens is 733 g/mol. The number of carbonyl (C=O) groups is 2. The molecule has 2 atom stereocenters. The van der Waals surface area contributed by atoms with Crippen LogP contribution in [0.3, 0.4) is 0 Å². The van der Waals surface area contributed by atoms with Gasteiger partial charge in [0.2, 0.25) is 0 Å². The highest BCUT2D eigenvalue weighted by Gasteiger charge is 2.38. The summed E-state index contributed by atoms with van der Waals surface area (Å²) in [5.41, 5.74) is 14.4. The normalized spacial score (nSPS) is 18.6. The van der Waals surface area contributed by atoms with Gasteiger partial charge in [0.05, 0.1) is 19.7 Å². The van der Waals surface area contributed by atoms with E-state index in [2.05, 4.69) is 83.7 Å². The van der Waals surface area contributed by atoms with Gasteiger partial charge in [0.1, 0.15) is 5.78 Å². The van der Waals surface area contributed by atoms with Crippen molar-refractivity contribution in [2.45, 2.75) is 109 Å². The molecule has 2 unspecified atom stereocenters. The summed E-state index contributed by atoms with van der Waals surface area (Å²) in [7, 11) is 3.59. The number of phenols is 1. The molecule has 0 amide bonds. The van der Waals surface area contributed by atoms with E-state index in [4.69, 9.17) is 10.5 Å². The minimum Gasteiger partial charge on any atom is -0.504 e. The fourth-order valence-corrected chi connectivity index (χ4v) is 9.93. The van der Waals surface area contributed by atoms with Crippen LogP contribution in [0.1, 0.15) is 105 Å². The third-order valence-electron chi connectivity index (χ3n) is 13.1. The third kappa shape index (κ3) is 13.2. The van der Waals surface area contributed by atoms with Crippen molar-refractivity contribution in [3.63, 3.8) is 0 Å². The molecule has 59 heavy (non-hydrogen) atoms. The van der Waals surface area contributed by atoms with E-state index < -0.39 is 0 Å². The SMILES string of the molecule is CNCC(CC1(CCCC(=O)CC(=O)C=Cc2cc(OC)c(O)cc2CC2=CNC(N)C=C2CCc2cccc(CCc3ccccc3)c2)CCCC1)C1CCNCC1. The molecule has 1 saturated heterocycles. The van der Waals surface area contributed by atoms with E-state index in [-0.39, 0.29) is 29.9 Å². The van der Waals surface area contributed by atoms with Crippen LogP contribution in [0, 0.1) is 17.3 Å². The van der Waals surface area contributed by atoms with E-state index in [0.29, 0.717) is 29.9 Å². The standard InChI is InChI=1S/C51H68N4O4/c1-53-35-45(40-21-26-54-27-22-40)34-51(23-6-7-24-51)25-9-14-46(56)33-47(57)20-19-41-31-49(59-2)48(58)30-43(41)29-44-36-55-50(52)32-42(44)18-17-39-13-8-12-38(28-39)16-15-37-10-4-3-5-11-37/h3-5,8,10-13,19-20,28,30-32,36,40,45,50,53-55,58H,6-7,9,14-18,21-27,29,33-35,52H2,1-2H3. The number of aryl methyl sites for hydroxylation is 3. The first-order chi connectivity index (χ1) is 28.7. The van der Waals surface area contributed by atoms with Crippen molar-refractivity contribution in [2.24, 2.45) is 23.0 Å². The zero-order valence-electron chi connectivity index (χ0n) is 35.6. The third-order valence-corrected chi connectivity index (χ3v) is 13.1. The van der Waals surface area contributed by atoms with Gasteiger partial charge in [-0.15, -0.1) is 0 Å². The number of nitrogens with one attached hydrogen (secondary N) is 3. The van der Waals surface area contributed by atoms with Gasteiger partial charge in [-0.2, -0.15) is 0 Å². The summed E-state index contributed by atoms with van der Waals surface area (Å²) >= 11 is 0. The van der Waals surface area contributed by atoms with Crippen LogP contribution in [-0.2, 0) is 35.3 Å². The summed E-state index contributed by atoms with van der Waals surface area (Å²) in [6, 6.07) is 22.9. The molecule has 3 aromatic carbocycles. The maximum absolute atomic E-state index is 13.2. The van der Waals surface area contributed by atoms with E-state index in [1.54, 1.807) is 18.2 Å². The van der Waals surface area contributed by atoms with Crippen molar-refractivity contribution >= 4 is 17.6 Å². The van der Waals surface area contributed by atoms with Gasteiger partial charge < -0.3 is 31.5 Å². The number of Topliss-reactive ketones (excluding diaryl/α,β-unsaturated/α-hetero) is 1. The monoisotopic (exact) mass is 801 g/mol. The largest absolute Gasteiger partial charge is 0.504 e. The molecule has 8 heteroatoms. The van der Waals surface area contributed by atoms with E-state index in [1.165, 1.54) is 74.8 Å². The Hall–Kier alpha value is -4.50. The first-order valence-corrected chi connectivity index (χ1v) is 22.2. The fraction of sp³-hybridized carbons (Fsp3) is 0.490. The Kier molecular flexibility index (Phi) is 16.6. The molecule has 1 aliphatic carbocycles. The molecule has 2 fully saturated rings. The number of ketones is 2. The van der Waals surface area contributed by atoms with Crippen molar-refractivity contribution in [1.29, 1.82) is 0 Å². The fourth-order valence-electron chi connectivity index (χ4n) is 9.93. The number of piperidine rings is 1. The number of carbonyl (C=O) groups excluding carboxylic acids is 2. The molecule has 2 heterocycles. The number of phenolic OH excluding ortho intramolecular Hbond substituents is 1. The van der Waals surface area contributed by atoms with Crippen LogP contribution in [0.4, 0.5) is 0 Å². The molecular formula is C51H68N4O4. The van der Waals surface area contributed by atoms with Gasteiger partial charge in [-0.25, -0.2) is 0 Å². The second-order valence-electron chi connectivity index (χ2n) is 17.4.